The number of H-pyrrole nitrogens is 3. The first kappa shape index (κ1) is 54.7. The van der Waals surface area contributed by atoms with Crippen LogP contribution in [0.5, 0.6) is 23.0 Å². The molecule has 2 aliphatic rings. The van der Waals surface area contributed by atoms with Crippen LogP contribution in [0.4, 0.5) is 11.4 Å². The Morgan fingerprint density at radius 2 is 1.33 bits per heavy atom. The Bertz CT molecular complexity index is 3630. The van der Waals surface area contributed by atoms with Crippen LogP contribution in [-0.2, 0) is 28.4 Å². The summed E-state index contributed by atoms with van der Waals surface area (Å²) in [6.45, 7) is 11.7. The van der Waals surface area contributed by atoms with E-state index in [1.54, 1.807) is 59.7 Å². The molecule has 7 atom stereocenters. The van der Waals surface area contributed by atoms with Gasteiger partial charge in [-0.2, -0.15) is 0 Å². The van der Waals surface area contributed by atoms with E-state index in [9.17, 15) is 44.1 Å². The molecular formula is C53H54ClN5O19. The zero-order valence-electron chi connectivity index (χ0n) is 43.3. The Morgan fingerprint density at radius 3 is 1.96 bits per heavy atom. The third-order valence-corrected chi connectivity index (χ3v) is 13.8. The number of carbonyl (C=O) groups excluding carboxylic acids is 4. The summed E-state index contributed by atoms with van der Waals surface area (Å²) in [6, 6.07) is 13.2. The number of rotatable bonds is 14. The summed E-state index contributed by atoms with van der Waals surface area (Å²) in [5.74, 6) is -4.84. The van der Waals surface area contributed by atoms with E-state index in [1.807, 2.05) is 0 Å². The number of hydrogen-bond acceptors (Lipinski definition) is 19. The summed E-state index contributed by atoms with van der Waals surface area (Å²) >= 11 is 6.70. The summed E-state index contributed by atoms with van der Waals surface area (Å²) < 4.78 is 58.1. The third kappa shape index (κ3) is 10.4. The molecule has 2 aliphatic heterocycles. The Hall–Kier alpha value is -8.13. The molecule has 412 valence electrons. The molecule has 78 heavy (non-hydrogen) atoms. The number of aryl methyl sites for hydroxylation is 2. The van der Waals surface area contributed by atoms with Crippen molar-refractivity contribution in [3.8, 4) is 23.0 Å². The number of anilines is 2. The molecule has 9 rings (SSSR count). The number of carbonyl (C=O) groups is 4. The van der Waals surface area contributed by atoms with Gasteiger partial charge in [0.1, 0.15) is 57.5 Å². The second kappa shape index (κ2) is 21.0. The molecule has 0 bridgehead atoms. The highest BCUT2D eigenvalue weighted by Gasteiger charge is 2.53. The van der Waals surface area contributed by atoms with Crippen LogP contribution in [0.2, 0.25) is 5.02 Å². The Balaban J connectivity index is 0.888. The van der Waals surface area contributed by atoms with Gasteiger partial charge in [-0.3, -0.25) is 9.59 Å². The highest BCUT2D eigenvalue weighted by atomic mass is 35.5. The van der Waals surface area contributed by atoms with Crippen molar-refractivity contribution in [2.75, 3.05) is 24.9 Å². The molecule has 2 fully saturated rings. The largest absolute Gasteiger partial charge is 0.505 e. The SMILES string of the molecule is CO[C@@H]1C(OC(=O)c2ccc(C)[nH]2)C[C@H](Oc2ccc3c(O)c(NC(=O)c4[nH]cc(C(=O)Nc5c(O)c6cc(O[C@H]7OC(C)(C)[C@H](OC)C(OC(=O)c8ccc(C)[nH]8)C7O)ccc6oc5=O)c4C)c(=O)oc3c2Cl)OC1(C)C. The van der Waals surface area contributed by atoms with Crippen molar-refractivity contribution in [3.05, 3.63) is 126 Å². The van der Waals surface area contributed by atoms with Gasteiger partial charge in [-0.1, -0.05) is 11.6 Å². The van der Waals surface area contributed by atoms with E-state index in [4.69, 9.17) is 58.3 Å². The number of hydrogen-bond donors (Lipinski definition) is 8. The van der Waals surface area contributed by atoms with E-state index >= 15 is 0 Å². The maximum Gasteiger partial charge on any atom is 0.364 e. The number of halogens is 1. The first-order chi connectivity index (χ1) is 36.9. The quantitative estimate of drug-likeness (QED) is 0.0418. The maximum atomic E-state index is 13.7. The van der Waals surface area contributed by atoms with Crippen molar-refractivity contribution >= 4 is 68.7 Å². The van der Waals surface area contributed by atoms with Crippen LogP contribution in [0.1, 0.15) is 92.9 Å². The van der Waals surface area contributed by atoms with Crippen molar-refractivity contribution in [1.82, 2.24) is 15.0 Å². The molecule has 2 aromatic carbocycles. The number of aliphatic hydroxyl groups excluding tert-OH is 1. The monoisotopic (exact) mass is 1100 g/mol. The van der Waals surface area contributed by atoms with Crippen molar-refractivity contribution in [1.29, 1.82) is 0 Å². The topological polar surface area (TPSA) is 335 Å². The van der Waals surface area contributed by atoms with E-state index in [2.05, 4.69) is 25.6 Å². The Labute approximate surface area is 446 Å². The number of fused-ring (bicyclic) bond motifs is 2. The zero-order chi connectivity index (χ0) is 56.3. The van der Waals surface area contributed by atoms with E-state index in [0.717, 1.165) is 11.9 Å². The normalized spacial score (nSPS) is 21.7. The minimum atomic E-state index is -1.60. The predicted molar refractivity (Wildman–Crippen MR) is 276 cm³/mol. The summed E-state index contributed by atoms with van der Waals surface area (Å²) in [4.78, 5) is 88.6. The van der Waals surface area contributed by atoms with E-state index in [1.165, 1.54) is 57.5 Å². The van der Waals surface area contributed by atoms with Gasteiger partial charge in [-0.25, -0.2) is 19.2 Å². The lowest BCUT2D eigenvalue weighted by molar-refractivity contribution is -0.305. The van der Waals surface area contributed by atoms with Crippen molar-refractivity contribution in [2.45, 2.75) is 109 Å². The summed E-state index contributed by atoms with van der Waals surface area (Å²) in [7, 11) is 2.83. The minimum Gasteiger partial charge on any atom is -0.505 e. The zero-order valence-corrected chi connectivity index (χ0v) is 44.0. The number of amides is 2. The predicted octanol–water partition coefficient (Wildman–Crippen LogP) is 6.64. The maximum absolute atomic E-state index is 13.7. The lowest BCUT2D eigenvalue weighted by Gasteiger charge is -2.47. The number of nitrogens with one attached hydrogen (secondary N) is 5. The molecule has 5 aromatic heterocycles. The highest BCUT2D eigenvalue weighted by molar-refractivity contribution is 6.36. The van der Waals surface area contributed by atoms with Gasteiger partial charge in [0, 0.05) is 38.2 Å². The van der Waals surface area contributed by atoms with E-state index in [-0.39, 0.29) is 73.1 Å². The molecule has 24 nitrogen and oxygen atoms in total. The standard InChI is InChI=1S/C53H54ClN5O19/c1-21-10-14-28(56-21)47(65)74-32-19-33(77-52(4,5)43(32)69-8)72-31-17-13-25-38(60)36(50(68)75-41(25)34(31)54)59-46(64)35-23(3)27(20-55-35)45(63)58-37-39(61)26-18-24(12-16-30(26)73-49(37)67)71-51-40(62)42(44(70-9)53(6,7)78-51)76-48(66)29-15-11-22(2)57-29/h10-18,20,32-33,40,42-44,51,55-57,60-62H,19H2,1-9H3,(H,58,63)(H,59,64)/t32?,33-,40?,42?,43-,44-,51+/m1/s1. The highest BCUT2D eigenvalue weighted by Crippen LogP contribution is 2.42. The van der Waals surface area contributed by atoms with Crippen LogP contribution in [0.25, 0.3) is 21.9 Å². The van der Waals surface area contributed by atoms with Crippen LogP contribution in [0.3, 0.4) is 0 Å². The first-order valence-corrected chi connectivity index (χ1v) is 24.5. The molecule has 7 heterocycles. The molecule has 0 aliphatic carbocycles. The number of aromatic hydroxyl groups is 2. The number of methoxy groups -OCH3 is 2. The number of aromatic nitrogens is 3. The minimum absolute atomic E-state index is 0.00173. The molecule has 0 saturated carbocycles. The lowest BCUT2D eigenvalue weighted by atomic mass is 9.89. The van der Waals surface area contributed by atoms with Crippen LogP contribution in [0, 0.1) is 20.8 Å². The average molecular weight is 1100 g/mol. The van der Waals surface area contributed by atoms with Crippen LogP contribution in [0.15, 0.2) is 79.2 Å². The number of aliphatic hydroxyl groups is 1. The van der Waals surface area contributed by atoms with Gasteiger partial charge in [0.05, 0.1) is 27.5 Å². The number of ether oxygens (including phenoxy) is 8. The van der Waals surface area contributed by atoms with Gasteiger partial charge in [-0.15, -0.1) is 0 Å². The lowest BCUT2D eigenvalue weighted by Crippen LogP contribution is -2.65. The van der Waals surface area contributed by atoms with Gasteiger partial charge >= 0.3 is 23.2 Å². The van der Waals surface area contributed by atoms with Gasteiger partial charge < -0.3 is 87.6 Å². The summed E-state index contributed by atoms with van der Waals surface area (Å²) in [6.07, 6.45) is -6.75. The molecule has 2 saturated heterocycles. The van der Waals surface area contributed by atoms with E-state index < -0.39 is 112 Å². The van der Waals surface area contributed by atoms with Crippen LogP contribution in [-0.4, -0.2) is 123 Å². The molecule has 2 amide bonds. The van der Waals surface area contributed by atoms with Gasteiger partial charge in [-0.05, 0) is 109 Å². The fourth-order valence-corrected chi connectivity index (χ4v) is 9.87. The van der Waals surface area contributed by atoms with Crippen molar-refractivity contribution in [3.63, 3.8) is 0 Å². The molecular weight excluding hydrogens is 1050 g/mol. The summed E-state index contributed by atoms with van der Waals surface area (Å²) in [5, 5.41) is 38.4. The Morgan fingerprint density at radius 1 is 0.731 bits per heavy atom. The average Bonchev–Trinajstić information content (AvgIpc) is 4.19. The first-order valence-electron chi connectivity index (χ1n) is 24.1. The van der Waals surface area contributed by atoms with Crippen LogP contribution < -0.4 is 31.4 Å². The fourth-order valence-electron chi connectivity index (χ4n) is 9.63. The van der Waals surface area contributed by atoms with Crippen LogP contribution >= 0.6 is 11.6 Å². The Kier molecular flexibility index (Phi) is 14.7. The van der Waals surface area contributed by atoms with Crippen molar-refractivity contribution in [2.24, 2.45) is 0 Å². The number of aromatic amines is 3. The molecule has 0 radical (unpaired) electrons. The molecule has 7 aromatic rings. The second-order valence-electron chi connectivity index (χ2n) is 19.7. The second-order valence-corrected chi connectivity index (χ2v) is 20.1. The number of benzene rings is 2. The fraction of sp³-hybridized carbons (Fsp3) is 0.358. The van der Waals surface area contributed by atoms with Crippen molar-refractivity contribution < 1.29 is 81.2 Å². The molecule has 8 N–H and O–H groups in total. The third-order valence-electron chi connectivity index (χ3n) is 13.4. The number of esters is 2. The smallest absolute Gasteiger partial charge is 0.364 e. The molecule has 25 heteroatoms. The van der Waals surface area contributed by atoms with Gasteiger partial charge in [0.15, 0.2) is 40.7 Å². The van der Waals surface area contributed by atoms with E-state index in [0.29, 0.717) is 5.69 Å². The molecule has 0 spiro atoms. The van der Waals surface area contributed by atoms with Gasteiger partial charge in [0.2, 0.25) is 12.6 Å². The van der Waals surface area contributed by atoms with Gasteiger partial charge in [0.25, 0.3) is 11.8 Å². The summed E-state index contributed by atoms with van der Waals surface area (Å²) in [5.41, 5.74) is -4.93. The molecule has 3 unspecified atom stereocenters.